The molecule has 0 fully saturated rings. The molecule has 0 aliphatic carbocycles. The number of nitrogens with zero attached hydrogens (tertiary/aromatic N) is 3. The number of hydrogen-bond donors (Lipinski definition) is 1. The third-order valence-electron chi connectivity index (χ3n) is 2.81. The van der Waals surface area contributed by atoms with E-state index in [4.69, 9.17) is 5.73 Å². The Morgan fingerprint density at radius 2 is 1.94 bits per heavy atom. The van der Waals surface area contributed by atoms with E-state index in [1.54, 1.807) is 11.8 Å². The lowest BCUT2D eigenvalue weighted by atomic mass is 10.3. The lowest BCUT2D eigenvalue weighted by Crippen LogP contribution is -2.34. The maximum atomic E-state index is 5.94. The summed E-state index contributed by atoms with van der Waals surface area (Å²) in [5, 5.41) is 0. The van der Waals surface area contributed by atoms with Gasteiger partial charge in [-0.05, 0) is 4.98 Å². The summed E-state index contributed by atoms with van der Waals surface area (Å²) in [5.74, 6) is 2.38. The molecule has 2 aromatic heterocycles. The van der Waals surface area contributed by atoms with Crippen LogP contribution >= 0.6 is 11.8 Å². The molecule has 0 spiro atoms. The smallest absolute Gasteiger partial charge is 0.297 e. The van der Waals surface area contributed by atoms with Gasteiger partial charge in [0.25, 0.3) is 5.82 Å². The Morgan fingerprint density at radius 3 is 2.61 bits per heavy atom. The monoisotopic (exact) mass is 262 g/mol. The summed E-state index contributed by atoms with van der Waals surface area (Å²) < 4.78 is 4.02. The van der Waals surface area contributed by atoms with Crippen molar-refractivity contribution in [1.82, 2.24) is 4.98 Å². The van der Waals surface area contributed by atoms with Gasteiger partial charge in [-0.1, -0.05) is 0 Å². The lowest BCUT2D eigenvalue weighted by Gasteiger charge is -2.03. The molecule has 0 saturated carbocycles. The number of aromatic nitrogens is 3. The van der Waals surface area contributed by atoms with Crippen LogP contribution in [0.4, 0.5) is 5.82 Å². The number of nitrogen functional groups attached to an aromatic ring is 1. The molecule has 0 aliphatic heterocycles. The zero-order valence-corrected chi connectivity index (χ0v) is 11.7. The zero-order valence-electron chi connectivity index (χ0n) is 10.9. The van der Waals surface area contributed by atoms with E-state index in [2.05, 4.69) is 17.1 Å². The van der Waals surface area contributed by atoms with Gasteiger partial charge in [-0.15, -0.1) is 11.8 Å². The van der Waals surface area contributed by atoms with E-state index < -0.39 is 0 Å². The van der Waals surface area contributed by atoms with E-state index >= 15 is 0 Å². The molecule has 2 rings (SSSR count). The van der Waals surface area contributed by atoms with Gasteiger partial charge in [-0.25, -0.2) is 9.13 Å². The van der Waals surface area contributed by atoms with Gasteiger partial charge >= 0.3 is 0 Å². The summed E-state index contributed by atoms with van der Waals surface area (Å²) in [7, 11) is 3.99. The Labute approximate surface area is 111 Å². The number of thioether (sulfide) groups is 1. The number of aryl methyl sites for hydroxylation is 3. The molecule has 4 nitrogen and oxygen atoms in total. The predicted octanol–water partition coefficient (Wildman–Crippen LogP) is 0.914. The zero-order chi connectivity index (χ0) is 13.1. The summed E-state index contributed by atoms with van der Waals surface area (Å²) in [5.41, 5.74) is 7.01. The van der Waals surface area contributed by atoms with Crippen molar-refractivity contribution >= 4 is 17.6 Å². The van der Waals surface area contributed by atoms with Crippen molar-refractivity contribution in [2.75, 3.05) is 5.73 Å². The van der Waals surface area contributed by atoms with Crippen LogP contribution in [-0.4, -0.2) is 4.98 Å². The van der Waals surface area contributed by atoms with Gasteiger partial charge in [0, 0.05) is 29.7 Å². The quantitative estimate of drug-likeness (QED) is 0.661. The SMILES string of the molecule is Cc1nc(N)c(CSc2cc[n+](C)cc2)c[n+]1C. The van der Waals surface area contributed by atoms with Crippen molar-refractivity contribution in [3.8, 4) is 0 Å². The number of hydrogen-bond acceptors (Lipinski definition) is 3. The second-order valence-corrected chi connectivity index (χ2v) is 5.35. The molecule has 0 amide bonds. The molecule has 0 bridgehead atoms. The van der Waals surface area contributed by atoms with Gasteiger partial charge in [0.1, 0.15) is 13.2 Å². The van der Waals surface area contributed by atoms with Crippen LogP contribution in [0.15, 0.2) is 35.6 Å². The fourth-order valence-corrected chi connectivity index (χ4v) is 2.43. The Hall–Kier alpha value is -1.62. The van der Waals surface area contributed by atoms with Gasteiger partial charge in [0.05, 0.1) is 12.6 Å². The third kappa shape index (κ3) is 2.98. The second-order valence-electron chi connectivity index (χ2n) is 4.30. The maximum Gasteiger partial charge on any atom is 0.297 e. The minimum Gasteiger partial charge on any atom is -0.363 e. The van der Waals surface area contributed by atoms with Crippen LogP contribution in [-0.2, 0) is 19.8 Å². The summed E-state index contributed by atoms with van der Waals surface area (Å²) in [6.07, 6.45) is 6.13. The first-order chi connectivity index (χ1) is 8.56. The van der Waals surface area contributed by atoms with E-state index in [0.717, 1.165) is 17.1 Å². The molecule has 0 aliphatic rings. The van der Waals surface area contributed by atoms with E-state index in [0.29, 0.717) is 5.82 Å². The van der Waals surface area contributed by atoms with Crippen molar-refractivity contribution in [3.63, 3.8) is 0 Å². The minimum atomic E-state index is 0.625. The molecule has 2 heterocycles. The molecule has 0 atom stereocenters. The van der Waals surface area contributed by atoms with E-state index in [-0.39, 0.29) is 0 Å². The number of rotatable bonds is 3. The molecule has 2 aromatic rings. The normalized spacial score (nSPS) is 10.6. The average molecular weight is 262 g/mol. The van der Waals surface area contributed by atoms with Gasteiger partial charge in [-0.2, -0.15) is 0 Å². The highest BCUT2D eigenvalue weighted by Crippen LogP contribution is 2.23. The highest BCUT2D eigenvalue weighted by molar-refractivity contribution is 7.98. The topological polar surface area (TPSA) is 46.7 Å². The number of pyridine rings is 1. The minimum absolute atomic E-state index is 0.625. The first kappa shape index (κ1) is 12.8. The van der Waals surface area contributed by atoms with Gasteiger partial charge < -0.3 is 5.73 Å². The van der Waals surface area contributed by atoms with Crippen LogP contribution in [0.1, 0.15) is 11.4 Å². The molecule has 0 saturated heterocycles. The molecule has 0 aromatic carbocycles. The van der Waals surface area contributed by atoms with Crippen molar-refractivity contribution in [3.05, 3.63) is 42.1 Å². The average Bonchev–Trinajstić information content (AvgIpc) is 2.34. The molecule has 2 N–H and O–H groups in total. The van der Waals surface area contributed by atoms with E-state index in [1.165, 1.54) is 4.90 Å². The molecule has 5 heteroatoms. The fourth-order valence-electron chi connectivity index (χ4n) is 1.57. The first-order valence-electron chi connectivity index (χ1n) is 5.76. The van der Waals surface area contributed by atoms with Crippen LogP contribution in [0.25, 0.3) is 0 Å². The molecule has 94 valence electrons. The van der Waals surface area contributed by atoms with Gasteiger partial charge in [0.2, 0.25) is 5.82 Å². The molecule has 18 heavy (non-hydrogen) atoms. The van der Waals surface area contributed by atoms with Crippen LogP contribution in [0, 0.1) is 6.92 Å². The van der Waals surface area contributed by atoms with Crippen molar-refractivity contribution in [2.24, 2.45) is 14.1 Å². The predicted molar refractivity (Wildman–Crippen MR) is 71.7 cm³/mol. The van der Waals surface area contributed by atoms with Crippen LogP contribution in [0.2, 0.25) is 0 Å². The summed E-state index contributed by atoms with van der Waals surface area (Å²) >= 11 is 1.76. The maximum absolute atomic E-state index is 5.94. The summed E-state index contributed by atoms with van der Waals surface area (Å²) in [6, 6.07) is 4.20. The lowest BCUT2D eigenvalue weighted by molar-refractivity contribution is -0.681. The molecular weight excluding hydrogens is 244 g/mol. The van der Waals surface area contributed by atoms with Crippen LogP contribution in [0.3, 0.4) is 0 Å². The third-order valence-corrected chi connectivity index (χ3v) is 3.87. The number of nitrogens with two attached hydrogens (primary N) is 1. The largest absolute Gasteiger partial charge is 0.363 e. The Balaban J connectivity index is 2.10. The van der Waals surface area contributed by atoms with E-state index in [1.807, 2.05) is 48.7 Å². The fraction of sp³-hybridized carbons (Fsp3) is 0.308. The first-order valence-corrected chi connectivity index (χ1v) is 6.74. The van der Waals surface area contributed by atoms with Gasteiger partial charge in [-0.3, -0.25) is 0 Å². The van der Waals surface area contributed by atoms with Crippen molar-refractivity contribution in [2.45, 2.75) is 17.6 Å². The Bertz CT molecular complexity index is 552. The summed E-state index contributed by atoms with van der Waals surface area (Å²) in [6.45, 7) is 1.95. The number of anilines is 1. The van der Waals surface area contributed by atoms with E-state index in [9.17, 15) is 0 Å². The highest BCUT2D eigenvalue weighted by atomic mass is 32.2. The Kier molecular flexibility index (Phi) is 3.81. The molecular formula is C13H18N4S+2. The van der Waals surface area contributed by atoms with Gasteiger partial charge in [0.15, 0.2) is 12.4 Å². The van der Waals surface area contributed by atoms with Crippen molar-refractivity contribution in [1.29, 1.82) is 0 Å². The Morgan fingerprint density at radius 1 is 1.28 bits per heavy atom. The van der Waals surface area contributed by atoms with Crippen molar-refractivity contribution < 1.29 is 9.13 Å². The molecule has 0 unspecified atom stereocenters. The second kappa shape index (κ2) is 5.35. The standard InChI is InChI=1S/C13H17N4S/c1-10-15-13(14)11(8-17(10)3)9-18-12-4-6-16(2)7-5-12/h4-8,14H,9H2,1-3H3/q+1/p+1. The van der Waals surface area contributed by atoms with Crippen LogP contribution in [0.5, 0.6) is 0 Å². The highest BCUT2D eigenvalue weighted by Gasteiger charge is 2.12. The van der Waals surface area contributed by atoms with Crippen LogP contribution < -0.4 is 14.9 Å². The molecule has 0 radical (unpaired) electrons. The summed E-state index contributed by atoms with van der Waals surface area (Å²) in [4.78, 5) is 5.55.